The second kappa shape index (κ2) is 7.52. The van der Waals surface area contributed by atoms with Gasteiger partial charge < -0.3 is 10.1 Å². The number of rotatable bonds is 5. The van der Waals surface area contributed by atoms with Gasteiger partial charge in [-0.15, -0.1) is 0 Å². The van der Waals surface area contributed by atoms with Crippen molar-refractivity contribution in [1.82, 2.24) is 15.2 Å². The molecule has 2 rings (SSSR count). The monoisotopic (exact) mass is 291 g/mol. The number of carbonyl (C=O) groups excluding carboxylic acids is 1. The van der Waals surface area contributed by atoms with Crippen molar-refractivity contribution in [2.75, 3.05) is 32.8 Å². The average Bonchev–Trinajstić information content (AvgIpc) is 2.44. The molecule has 5 nitrogen and oxygen atoms in total. The van der Waals surface area contributed by atoms with E-state index in [1.807, 2.05) is 19.1 Å². The second-order valence-electron chi connectivity index (χ2n) is 6.02. The summed E-state index contributed by atoms with van der Waals surface area (Å²) < 4.78 is 5.72. The van der Waals surface area contributed by atoms with Gasteiger partial charge >= 0.3 is 0 Å². The lowest BCUT2D eigenvalue weighted by Crippen LogP contribution is -2.48. The minimum atomic E-state index is -0.136. The minimum absolute atomic E-state index is 0.0614. The third kappa shape index (κ3) is 5.10. The SMILES string of the molecule is Cc1cccc(C(=O)NCC2CN(CC(C)C)CCO2)n1. The molecule has 0 radical (unpaired) electrons. The van der Waals surface area contributed by atoms with E-state index in [4.69, 9.17) is 4.74 Å². The highest BCUT2D eigenvalue weighted by Crippen LogP contribution is 2.07. The lowest BCUT2D eigenvalue weighted by Gasteiger charge is -2.33. The Morgan fingerprint density at radius 3 is 3.05 bits per heavy atom. The van der Waals surface area contributed by atoms with Gasteiger partial charge in [0.15, 0.2) is 0 Å². The number of morpholine rings is 1. The largest absolute Gasteiger partial charge is 0.374 e. The molecule has 1 amide bonds. The van der Waals surface area contributed by atoms with Crippen LogP contribution in [0.1, 0.15) is 30.0 Å². The molecule has 0 aliphatic carbocycles. The van der Waals surface area contributed by atoms with Crippen LogP contribution in [0.4, 0.5) is 0 Å². The van der Waals surface area contributed by atoms with Crippen molar-refractivity contribution < 1.29 is 9.53 Å². The zero-order valence-corrected chi connectivity index (χ0v) is 13.1. The zero-order valence-electron chi connectivity index (χ0n) is 13.1. The summed E-state index contributed by atoms with van der Waals surface area (Å²) in [6.07, 6.45) is 0.0614. The number of carbonyl (C=O) groups is 1. The van der Waals surface area contributed by atoms with Gasteiger partial charge in [0.1, 0.15) is 5.69 Å². The predicted octanol–water partition coefficient (Wildman–Crippen LogP) is 1.48. The number of amides is 1. The first kappa shape index (κ1) is 15.9. The van der Waals surface area contributed by atoms with Crippen molar-refractivity contribution >= 4 is 5.91 Å². The Hall–Kier alpha value is -1.46. The smallest absolute Gasteiger partial charge is 0.269 e. The van der Waals surface area contributed by atoms with Crippen LogP contribution in [-0.4, -0.2) is 54.7 Å². The van der Waals surface area contributed by atoms with E-state index in [0.717, 1.165) is 31.9 Å². The molecule has 0 spiro atoms. The van der Waals surface area contributed by atoms with E-state index < -0.39 is 0 Å². The van der Waals surface area contributed by atoms with E-state index in [1.165, 1.54) is 0 Å². The molecule has 1 unspecified atom stereocenters. The van der Waals surface area contributed by atoms with Crippen molar-refractivity contribution in [3.05, 3.63) is 29.6 Å². The Bertz CT molecular complexity index is 476. The van der Waals surface area contributed by atoms with E-state index in [1.54, 1.807) is 6.07 Å². The van der Waals surface area contributed by atoms with E-state index in [2.05, 4.69) is 29.0 Å². The second-order valence-corrected chi connectivity index (χ2v) is 6.02. The molecule has 1 N–H and O–H groups in total. The first-order valence-electron chi connectivity index (χ1n) is 7.60. The van der Waals surface area contributed by atoms with Gasteiger partial charge in [-0.3, -0.25) is 9.69 Å². The average molecular weight is 291 g/mol. The fourth-order valence-corrected chi connectivity index (χ4v) is 2.55. The maximum Gasteiger partial charge on any atom is 0.269 e. The lowest BCUT2D eigenvalue weighted by atomic mass is 10.2. The highest BCUT2D eigenvalue weighted by molar-refractivity contribution is 5.92. The maximum absolute atomic E-state index is 12.1. The Morgan fingerprint density at radius 2 is 2.33 bits per heavy atom. The number of ether oxygens (including phenoxy) is 1. The van der Waals surface area contributed by atoms with Crippen LogP contribution in [-0.2, 0) is 4.74 Å². The standard InChI is InChI=1S/C16H25N3O2/c1-12(2)10-19-7-8-21-14(11-19)9-17-16(20)15-6-4-5-13(3)18-15/h4-6,12,14H,7-11H2,1-3H3,(H,17,20). The molecular formula is C16H25N3O2. The Kier molecular flexibility index (Phi) is 5.70. The first-order chi connectivity index (χ1) is 10.0. The molecule has 1 aliphatic heterocycles. The van der Waals surface area contributed by atoms with Crippen LogP contribution in [0.2, 0.25) is 0 Å². The van der Waals surface area contributed by atoms with E-state index >= 15 is 0 Å². The molecule has 1 aromatic heterocycles. The van der Waals surface area contributed by atoms with Gasteiger partial charge in [-0.05, 0) is 25.0 Å². The van der Waals surface area contributed by atoms with Crippen LogP contribution in [0.3, 0.4) is 0 Å². The molecule has 1 aromatic rings. The van der Waals surface area contributed by atoms with E-state index in [9.17, 15) is 4.79 Å². The van der Waals surface area contributed by atoms with Gasteiger partial charge in [-0.25, -0.2) is 4.98 Å². The number of hydrogen-bond donors (Lipinski definition) is 1. The normalized spacial score (nSPS) is 19.7. The fraction of sp³-hybridized carbons (Fsp3) is 0.625. The van der Waals surface area contributed by atoms with E-state index in [-0.39, 0.29) is 12.0 Å². The minimum Gasteiger partial charge on any atom is -0.374 e. The molecule has 2 heterocycles. The molecule has 0 aromatic carbocycles. The number of pyridine rings is 1. The Morgan fingerprint density at radius 1 is 1.52 bits per heavy atom. The summed E-state index contributed by atoms with van der Waals surface area (Å²) in [6, 6.07) is 5.46. The summed E-state index contributed by atoms with van der Waals surface area (Å²) in [5, 5.41) is 2.92. The summed E-state index contributed by atoms with van der Waals surface area (Å²) in [6.45, 7) is 10.5. The molecule has 116 valence electrons. The van der Waals surface area contributed by atoms with E-state index in [0.29, 0.717) is 18.2 Å². The van der Waals surface area contributed by atoms with Gasteiger partial charge in [0.25, 0.3) is 5.91 Å². The summed E-state index contributed by atoms with van der Waals surface area (Å²) in [7, 11) is 0. The van der Waals surface area contributed by atoms with Crippen LogP contribution >= 0.6 is 0 Å². The van der Waals surface area contributed by atoms with Crippen molar-refractivity contribution in [2.45, 2.75) is 26.9 Å². The molecule has 1 atom stereocenters. The topological polar surface area (TPSA) is 54.5 Å². The molecule has 0 saturated carbocycles. The van der Waals surface area contributed by atoms with Gasteiger partial charge in [-0.2, -0.15) is 0 Å². The number of aromatic nitrogens is 1. The number of aryl methyl sites for hydroxylation is 1. The maximum atomic E-state index is 12.1. The molecular weight excluding hydrogens is 266 g/mol. The van der Waals surface area contributed by atoms with Crippen LogP contribution in [0.5, 0.6) is 0 Å². The van der Waals surface area contributed by atoms with Crippen LogP contribution < -0.4 is 5.32 Å². The van der Waals surface area contributed by atoms with Crippen LogP contribution in [0, 0.1) is 12.8 Å². The summed E-state index contributed by atoms with van der Waals surface area (Å²) in [4.78, 5) is 18.7. The van der Waals surface area contributed by atoms with Crippen molar-refractivity contribution in [2.24, 2.45) is 5.92 Å². The number of hydrogen-bond acceptors (Lipinski definition) is 4. The number of nitrogens with one attached hydrogen (secondary N) is 1. The third-order valence-electron chi connectivity index (χ3n) is 3.46. The van der Waals surface area contributed by atoms with Crippen LogP contribution in [0.15, 0.2) is 18.2 Å². The van der Waals surface area contributed by atoms with Gasteiger partial charge in [0.2, 0.25) is 0 Å². The van der Waals surface area contributed by atoms with Gasteiger partial charge in [0.05, 0.1) is 12.7 Å². The molecule has 1 saturated heterocycles. The predicted molar refractivity (Wildman–Crippen MR) is 82.3 cm³/mol. The van der Waals surface area contributed by atoms with Gasteiger partial charge in [-0.1, -0.05) is 19.9 Å². The van der Waals surface area contributed by atoms with Crippen molar-refractivity contribution in [3.63, 3.8) is 0 Å². The number of nitrogens with zero attached hydrogens (tertiary/aromatic N) is 2. The Labute approximate surface area is 126 Å². The highest BCUT2D eigenvalue weighted by Gasteiger charge is 2.21. The third-order valence-corrected chi connectivity index (χ3v) is 3.46. The van der Waals surface area contributed by atoms with Crippen molar-refractivity contribution in [3.8, 4) is 0 Å². The summed E-state index contributed by atoms with van der Waals surface area (Å²) in [5.74, 6) is 0.512. The summed E-state index contributed by atoms with van der Waals surface area (Å²) in [5.41, 5.74) is 1.31. The molecule has 1 aliphatic rings. The van der Waals surface area contributed by atoms with Gasteiger partial charge in [0, 0.05) is 31.9 Å². The molecule has 1 fully saturated rings. The van der Waals surface area contributed by atoms with Crippen LogP contribution in [0.25, 0.3) is 0 Å². The lowest BCUT2D eigenvalue weighted by molar-refractivity contribution is -0.0295. The quantitative estimate of drug-likeness (QED) is 0.893. The molecule has 0 bridgehead atoms. The first-order valence-corrected chi connectivity index (χ1v) is 7.60. The Balaban J connectivity index is 1.81. The highest BCUT2D eigenvalue weighted by atomic mass is 16.5. The van der Waals surface area contributed by atoms with Crippen molar-refractivity contribution in [1.29, 1.82) is 0 Å². The molecule has 21 heavy (non-hydrogen) atoms. The zero-order chi connectivity index (χ0) is 15.2. The molecule has 5 heteroatoms. The summed E-state index contributed by atoms with van der Waals surface area (Å²) >= 11 is 0. The fourth-order valence-electron chi connectivity index (χ4n) is 2.55.